The van der Waals surface area contributed by atoms with E-state index >= 15 is 0 Å². The lowest BCUT2D eigenvalue weighted by molar-refractivity contribution is -0.117. The maximum absolute atomic E-state index is 13.5. The number of anilines is 2. The summed E-state index contributed by atoms with van der Waals surface area (Å²) < 4.78 is 24.7. The SMILES string of the molecule is Cc1sc2c(c1C)C(c1ccc(Cl)cc1)=N[C@@H](CC(=O)Nc1ccc(OCCOCCOCCOCCNC(=O)c3cccc(-c4ccc5c(c4)CC(=O)N5)c3)cc1)c1nnc(C)n1-2.S. The Labute approximate surface area is 393 Å². The summed E-state index contributed by atoms with van der Waals surface area (Å²) in [5, 5.41) is 19.2. The molecule has 0 aliphatic carbocycles. The van der Waals surface area contributed by atoms with Gasteiger partial charge in [0.15, 0.2) is 5.82 Å². The number of amides is 3. The number of hydrogen-bond acceptors (Lipinski definition) is 11. The van der Waals surface area contributed by atoms with Crippen LogP contribution in [-0.2, 0) is 30.2 Å². The zero-order chi connectivity index (χ0) is 44.6. The van der Waals surface area contributed by atoms with Crippen molar-refractivity contribution in [1.82, 2.24) is 20.1 Å². The molecule has 0 spiro atoms. The Morgan fingerprint density at radius 3 is 2.28 bits per heavy atom. The minimum atomic E-state index is -0.577. The number of fused-ring (bicyclic) bond motifs is 4. The number of aliphatic imine (C=N–C) groups is 1. The molecule has 14 nitrogen and oxygen atoms in total. The lowest BCUT2D eigenvalue weighted by atomic mass is 9.99. The summed E-state index contributed by atoms with van der Waals surface area (Å²) in [6, 6.07) is 27.4. The number of benzene rings is 4. The van der Waals surface area contributed by atoms with Crippen LogP contribution in [0, 0.1) is 20.8 Å². The first-order valence-corrected chi connectivity index (χ1v) is 22.2. The normalized spacial score (nSPS) is 13.7. The van der Waals surface area contributed by atoms with Crippen molar-refractivity contribution in [3.8, 4) is 21.9 Å². The molecule has 0 unspecified atom stereocenters. The summed E-state index contributed by atoms with van der Waals surface area (Å²) in [5.41, 5.74) is 8.67. The molecule has 3 amide bonds. The highest BCUT2D eigenvalue weighted by Gasteiger charge is 2.32. The molecule has 2 aromatic heterocycles. The molecule has 6 aromatic rings. The van der Waals surface area contributed by atoms with Crippen molar-refractivity contribution in [2.45, 2.75) is 39.7 Å². The van der Waals surface area contributed by atoms with Crippen LogP contribution in [0.2, 0.25) is 5.02 Å². The second kappa shape index (κ2) is 21.9. The van der Waals surface area contributed by atoms with Gasteiger partial charge in [0.05, 0.1) is 58.2 Å². The second-order valence-electron chi connectivity index (χ2n) is 15.3. The molecule has 0 radical (unpaired) electrons. The summed E-state index contributed by atoms with van der Waals surface area (Å²) in [6.45, 7) is 9.13. The number of nitrogens with zero attached hydrogens (tertiary/aromatic N) is 4. The van der Waals surface area contributed by atoms with Gasteiger partial charge in [-0.1, -0.05) is 41.9 Å². The van der Waals surface area contributed by atoms with Gasteiger partial charge in [0, 0.05) is 44.5 Å². The third-order valence-corrected chi connectivity index (χ3v) is 12.3. The monoisotopic (exact) mass is 935 g/mol. The molecule has 0 saturated carbocycles. The number of rotatable bonds is 19. The maximum atomic E-state index is 13.5. The Kier molecular flexibility index (Phi) is 15.8. The molecule has 3 N–H and O–H groups in total. The first-order chi connectivity index (χ1) is 31.1. The molecule has 2 aliphatic rings. The van der Waals surface area contributed by atoms with E-state index in [0.717, 1.165) is 55.6 Å². The summed E-state index contributed by atoms with van der Waals surface area (Å²) in [4.78, 5) is 44.3. The Bertz CT molecular complexity index is 2690. The number of aryl methyl sites for hydroxylation is 2. The molecule has 1 atom stereocenters. The van der Waals surface area contributed by atoms with Crippen molar-refractivity contribution < 1.29 is 33.3 Å². The second-order valence-corrected chi connectivity index (χ2v) is 16.9. The highest BCUT2D eigenvalue weighted by molar-refractivity contribution is 7.59. The van der Waals surface area contributed by atoms with E-state index in [-0.39, 0.29) is 37.6 Å². The van der Waals surface area contributed by atoms with Gasteiger partial charge < -0.3 is 34.9 Å². The lowest BCUT2D eigenvalue weighted by Gasteiger charge is -2.13. The van der Waals surface area contributed by atoms with E-state index < -0.39 is 6.04 Å². The van der Waals surface area contributed by atoms with E-state index in [9.17, 15) is 14.4 Å². The van der Waals surface area contributed by atoms with E-state index in [1.54, 1.807) is 41.7 Å². The van der Waals surface area contributed by atoms with E-state index in [0.29, 0.717) is 87.1 Å². The van der Waals surface area contributed by atoms with Gasteiger partial charge in [-0.3, -0.25) is 23.9 Å². The molecule has 65 heavy (non-hydrogen) atoms. The molecular formula is C48H50ClN7O7S2. The summed E-state index contributed by atoms with van der Waals surface area (Å²) in [5.74, 6) is 1.59. The Morgan fingerprint density at radius 1 is 0.831 bits per heavy atom. The number of carbonyl (C=O) groups is 3. The van der Waals surface area contributed by atoms with Crippen molar-refractivity contribution in [2.75, 3.05) is 63.4 Å². The van der Waals surface area contributed by atoms with E-state index in [2.05, 4.69) is 40.0 Å². The number of halogens is 1. The minimum Gasteiger partial charge on any atom is -0.491 e. The maximum Gasteiger partial charge on any atom is 0.251 e. The van der Waals surface area contributed by atoms with E-state index in [1.807, 2.05) is 72.2 Å². The Morgan fingerprint density at radius 2 is 1.52 bits per heavy atom. The van der Waals surface area contributed by atoms with Crippen molar-refractivity contribution >= 4 is 71.2 Å². The van der Waals surface area contributed by atoms with Gasteiger partial charge in [0.25, 0.3) is 5.91 Å². The van der Waals surface area contributed by atoms with Gasteiger partial charge in [-0.25, -0.2) is 0 Å². The smallest absolute Gasteiger partial charge is 0.251 e. The molecule has 4 aromatic carbocycles. The van der Waals surface area contributed by atoms with Crippen LogP contribution in [0.1, 0.15) is 61.6 Å². The number of carbonyl (C=O) groups excluding carboxylic acids is 3. The molecule has 0 fully saturated rings. The van der Waals surface area contributed by atoms with Crippen LogP contribution in [0.3, 0.4) is 0 Å². The summed E-state index contributed by atoms with van der Waals surface area (Å²) in [6.07, 6.45) is 0.425. The van der Waals surface area contributed by atoms with Crippen LogP contribution >= 0.6 is 36.4 Å². The predicted octanol–water partition coefficient (Wildman–Crippen LogP) is 7.96. The molecule has 2 aliphatic heterocycles. The molecule has 338 valence electrons. The quantitative estimate of drug-likeness (QED) is 0.0683. The molecule has 8 rings (SSSR count). The number of aromatic nitrogens is 3. The van der Waals surface area contributed by atoms with Crippen molar-refractivity contribution in [1.29, 1.82) is 0 Å². The minimum absolute atomic E-state index is 0. The molecule has 4 heterocycles. The molecule has 0 bridgehead atoms. The highest BCUT2D eigenvalue weighted by atomic mass is 35.5. The fourth-order valence-corrected chi connectivity index (χ4v) is 8.84. The topological polar surface area (TPSA) is 167 Å². The van der Waals surface area contributed by atoms with Crippen molar-refractivity contribution in [3.05, 3.63) is 140 Å². The largest absolute Gasteiger partial charge is 0.491 e. The van der Waals surface area contributed by atoms with Crippen LogP contribution in [0.5, 0.6) is 5.75 Å². The Balaban J connectivity index is 0.00000630. The van der Waals surface area contributed by atoms with Gasteiger partial charge >= 0.3 is 0 Å². The number of ether oxygens (including phenoxy) is 4. The van der Waals surface area contributed by atoms with Gasteiger partial charge in [-0.2, -0.15) is 13.5 Å². The van der Waals surface area contributed by atoms with E-state index in [4.69, 9.17) is 35.5 Å². The molecular weight excluding hydrogens is 886 g/mol. The van der Waals surface area contributed by atoms with Crippen LogP contribution in [-0.4, -0.2) is 91.0 Å². The number of hydrogen-bond donors (Lipinski definition) is 3. The van der Waals surface area contributed by atoms with Crippen LogP contribution in [0.15, 0.2) is 96.0 Å². The number of thiophene rings is 1. The third-order valence-electron chi connectivity index (χ3n) is 10.8. The van der Waals surface area contributed by atoms with Crippen molar-refractivity contribution in [2.24, 2.45) is 4.99 Å². The van der Waals surface area contributed by atoms with E-state index in [1.165, 1.54) is 4.88 Å². The zero-order valence-electron chi connectivity index (χ0n) is 36.2. The van der Waals surface area contributed by atoms with Gasteiger partial charge in [-0.05, 0) is 104 Å². The van der Waals surface area contributed by atoms with Gasteiger partial charge in [0.1, 0.15) is 29.2 Å². The Hall–Kier alpha value is -5.88. The lowest BCUT2D eigenvalue weighted by Crippen LogP contribution is -2.27. The summed E-state index contributed by atoms with van der Waals surface area (Å²) >= 11 is 7.91. The number of nitrogens with one attached hydrogen (secondary N) is 3. The molecule has 0 saturated heterocycles. The first kappa shape index (κ1) is 47.1. The predicted molar refractivity (Wildman–Crippen MR) is 258 cm³/mol. The van der Waals surface area contributed by atoms with Gasteiger partial charge in [-0.15, -0.1) is 21.5 Å². The van der Waals surface area contributed by atoms with Crippen molar-refractivity contribution in [3.63, 3.8) is 0 Å². The highest BCUT2D eigenvalue weighted by Crippen LogP contribution is 2.40. The fraction of sp³-hybridized carbons (Fsp3) is 0.292. The average molecular weight is 937 g/mol. The van der Waals surface area contributed by atoms with Crippen LogP contribution in [0.4, 0.5) is 11.4 Å². The fourth-order valence-electron chi connectivity index (χ4n) is 7.50. The first-order valence-electron chi connectivity index (χ1n) is 21.0. The average Bonchev–Trinajstić information content (AvgIpc) is 3.93. The standard InChI is InChI=1S/C48H48ClN7O7S.H2S/c1-29-30(2)64-48-44(29)45(32-7-10-37(49)11-8-32)53-41(46-55-54-31(3)56(46)48)28-43(58)51-38-12-14-39(15-13-38)63-24-23-62-22-21-61-20-19-60-18-17-50-47(59)35-6-4-5-33(25-35)34-9-16-40-36(26-34)27-42(57)52-40;/h4-16,25-26,41H,17-24,27-28H2,1-3H3,(H,50,59)(H,51,58)(H,52,57);1H2/t41-;/m0./s1. The van der Waals surface area contributed by atoms with Crippen LogP contribution in [0.25, 0.3) is 16.1 Å². The zero-order valence-corrected chi connectivity index (χ0v) is 38.8. The van der Waals surface area contributed by atoms with Gasteiger partial charge in [0.2, 0.25) is 11.8 Å². The van der Waals surface area contributed by atoms with Crippen LogP contribution < -0.4 is 20.7 Å². The molecule has 17 heteroatoms. The summed E-state index contributed by atoms with van der Waals surface area (Å²) in [7, 11) is 0. The third kappa shape index (κ3) is 11.5.